The van der Waals surface area contributed by atoms with Crippen LogP contribution in [-0.4, -0.2) is 21.6 Å². The first kappa shape index (κ1) is 14.5. The van der Waals surface area contributed by atoms with Gasteiger partial charge in [-0.15, -0.1) is 0 Å². The van der Waals surface area contributed by atoms with E-state index in [0.29, 0.717) is 0 Å². The topological polar surface area (TPSA) is 40.5 Å². The van der Waals surface area contributed by atoms with E-state index in [1.807, 2.05) is 0 Å². The fourth-order valence-corrected chi connectivity index (χ4v) is 1.93. The van der Waals surface area contributed by atoms with Gasteiger partial charge in [0.05, 0.1) is 11.7 Å². The molecule has 96 valence electrons. The van der Waals surface area contributed by atoms with Crippen LogP contribution < -0.4 is 0 Å². The number of halogens is 4. The van der Waals surface area contributed by atoms with Crippen molar-refractivity contribution in [1.82, 2.24) is 0 Å². The van der Waals surface area contributed by atoms with Crippen LogP contribution in [0.5, 0.6) is 0 Å². The molecule has 0 heterocycles. The van der Waals surface area contributed by atoms with Crippen molar-refractivity contribution in [3.8, 4) is 0 Å². The average molecular weight is 313 g/mol. The molecular weight excluding hydrogens is 301 g/mol. The second-order valence-electron chi connectivity index (χ2n) is 3.68. The van der Waals surface area contributed by atoms with Gasteiger partial charge in [0.25, 0.3) is 0 Å². The molecule has 2 unspecified atom stereocenters. The molecule has 0 saturated heterocycles. The molecule has 2 nitrogen and oxygen atoms in total. The Morgan fingerprint density at radius 3 is 2.35 bits per heavy atom. The predicted octanol–water partition coefficient (Wildman–Crippen LogP) is 2.80. The van der Waals surface area contributed by atoms with E-state index in [0.717, 1.165) is 6.07 Å². The Bertz CT molecular complexity index is 393. The van der Waals surface area contributed by atoms with Crippen LogP contribution in [0.4, 0.5) is 13.2 Å². The zero-order chi connectivity index (χ0) is 13.2. The molecule has 2 N–H and O–H groups in total. The molecule has 0 aliphatic rings. The Morgan fingerprint density at radius 2 is 1.88 bits per heavy atom. The molecule has 0 saturated carbocycles. The number of alkyl halides is 4. The molecule has 0 aliphatic carbocycles. The maximum Gasteiger partial charge on any atom is 0.416 e. The lowest BCUT2D eigenvalue weighted by Gasteiger charge is -2.20. The number of aliphatic hydroxyl groups excluding tert-OH is 2. The first-order valence-electron chi connectivity index (χ1n) is 4.87. The van der Waals surface area contributed by atoms with Crippen molar-refractivity contribution in [3.63, 3.8) is 0 Å². The second-order valence-corrected chi connectivity index (χ2v) is 4.33. The molecule has 0 fully saturated rings. The van der Waals surface area contributed by atoms with E-state index in [4.69, 9.17) is 0 Å². The Labute approximate surface area is 105 Å². The minimum atomic E-state index is -4.46. The summed E-state index contributed by atoms with van der Waals surface area (Å²) in [6, 6.07) is 3.54. The predicted molar refractivity (Wildman–Crippen MR) is 60.9 cm³/mol. The molecule has 0 spiro atoms. The molecule has 1 rings (SSSR count). The maximum absolute atomic E-state index is 12.6. The Hall–Kier alpha value is -0.590. The van der Waals surface area contributed by atoms with Gasteiger partial charge in [0.15, 0.2) is 0 Å². The lowest BCUT2D eigenvalue weighted by molar-refractivity contribution is -0.138. The van der Waals surface area contributed by atoms with Crippen LogP contribution in [0.3, 0.4) is 0 Å². The minimum Gasteiger partial charge on any atom is -0.389 e. The zero-order valence-corrected chi connectivity index (χ0v) is 10.6. The summed E-state index contributed by atoms with van der Waals surface area (Å²) in [6.45, 7) is 1.28. The molecule has 0 aromatic heterocycles. The SMILES string of the molecule is Cc1c(C(O)C(O)CBr)cccc1C(F)(F)F. The third kappa shape index (κ3) is 3.20. The van der Waals surface area contributed by atoms with Gasteiger partial charge in [0.1, 0.15) is 6.10 Å². The fraction of sp³-hybridized carbons (Fsp3) is 0.455. The molecule has 0 bridgehead atoms. The van der Waals surface area contributed by atoms with Crippen LogP contribution in [0.1, 0.15) is 22.8 Å². The van der Waals surface area contributed by atoms with Gasteiger partial charge < -0.3 is 10.2 Å². The Balaban J connectivity index is 3.19. The summed E-state index contributed by atoms with van der Waals surface area (Å²) >= 11 is 2.96. The van der Waals surface area contributed by atoms with Crippen LogP contribution in [0.2, 0.25) is 0 Å². The van der Waals surface area contributed by atoms with Crippen molar-refractivity contribution < 1.29 is 23.4 Å². The standard InChI is InChI=1S/C11H12BrF3O2/c1-6-7(10(17)9(16)5-12)3-2-4-8(6)11(13,14)15/h2-4,9-10,16-17H,5H2,1H3. The average Bonchev–Trinajstić information content (AvgIpc) is 2.25. The van der Waals surface area contributed by atoms with E-state index in [2.05, 4.69) is 15.9 Å². The third-order valence-corrected chi connectivity index (χ3v) is 3.19. The van der Waals surface area contributed by atoms with Crippen LogP contribution in [-0.2, 0) is 6.18 Å². The lowest BCUT2D eigenvalue weighted by Crippen LogP contribution is -2.21. The highest BCUT2D eigenvalue weighted by Crippen LogP contribution is 2.35. The van der Waals surface area contributed by atoms with Gasteiger partial charge in [-0.2, -0.15) is 13.2 Å². The Kier molecular flexibility index (Phi) is 4.57. The van der Waals surface area contributed by atoms with Crippen molar-refractivity contribution in [2.24, 2.45) is 0 Å². The van der Waals surface area contributed by atoms with Crippen LogP contribution >= 0.6 is 15.9 Å². The summed E-state index contributed by atoms with van der Waals surface area (Å²) in [5.74, 6) is 0. The summed E-state index contributed by atoms with van der Waals surface area (Å²) in [6.07, 6.45) is -6.94. The van der Waals surface area contributed by atoms with Crippen LogP contribution in [0, 0.1) is 6.92 Å². The van der Waals surface area contributed by atoms with Gasteiger partial charge in [0, 0.05) is 5.33 Å². The zero-order valence-electron chi connectivity index (χ0n) is 9.00. The normalized spacial score (nSPS) is 15.7. The van der Waals surface area contributed by atoms with Gasteiger partial charge >= 0.3 is 6.18 Å². The van der Waals surface area contributed by atoms with Gasteiger partial charge in [-0.05, 0) is 24.1 Å². The van der Waals surface area contributed by atoms with E-state index in [1.165, 1.54) is 19.1 Å². The van der Waals surface area contributed by atoms with Crippen molar-refractivity contribution in [2.75, 3.05) is 5.33 Å². The van der Waals surface area contributed by atoms with Gasteiger partial charge in [-0.1, -0.05) is 28.1 Å². The summed E-state index contributed by atoms with van der Waals surface area (Å²) in [4.78, 5) is 0. The highest BCUT2D eigenvalue weighted by molar-refractivity contribution is 9.09. The number of benzene rings is 1. The number of aliphatic hydroxyl groups is 2. The summed E-state index contributed by atoms with van der Waals surface area (Å²) in [5.41, 5.74) is -0.768. The molecule has 17 heavy (non-hydrogen) atoms. The molecule has 2 atom stereocenters. The van der Waals surface area contributed by atoms with E-state index < -0.39 is 23.9 Å². The van der Waals surface area contributed by atoms with E-state index >= 15 is 0 Å². The fourth-order valence-electron chi connectivity index (χ4n) is 1.57. The van der Waals surface area contributed by atoms with E-state index in [1.54, 1.807) is 0 Å². The molecule has 1 aromatic rings. The molecule has 0 aliphatic heterocycles. The van der Waals surface area contributed by atoms with Gasteiger partial charge in [-0.25, -0.2) is 0 Å². The molecular formula is C11H12BrF3O2. The molecule has 6 heteroatoms. The number of hydrogen-bond donors (Lipinski definition) is 2. The molecule has 0 amide bonds. The lowest BCUT2D eigenvalue weighted by atomic mass is 9.96. The molecule has 0 radical (unpaired) electrons. The largest absolute Gasteiger partial charge is 0.416 e. The highest BCUT2D eigenvalue weighted by Gasteiger charge is 2.34. The van der Waals surface area contributed by atoms with Gasteiger partial charge in [-0.3, -0.25) is 0 Å². The second kappa shape index (κ2) is 5.37. The van der Waals surface area contributed by atoms with E-state index in [9.17, 15) is 23.4 Å². The monoisotopic (exact) mass is 312 g/mol. The van der Waals surface area contributed by atoms with Gasteiger partial charge in [0.2, 0.25) is 0 Å². The summed E-state index contributed by atoms with van der Waals surface area (Å²) in [5, 5.41) is 19.2. The van der Waals surface area contributed by atoms with Crippen LogP contribution in [0.25, 0.3) is 0 Å². The first-order valence-corrected chi connectivity index (χ1v) is 6.00. The highest BCUT2D eigenvalue weighted by atomic mass is 79.9. The van der Waals surface area contributed by atoms with Crippen LogP contribution in [0.15, 0.2) is 18.2 Å². The molecule has 1 aromatic carbocycles. The number of hydrogen-bond acceptors (Lipinski definition) is 2. The third-order valence-electron chi connectivity index (χ3n) is 2.52. The van der Waals surface area contributed by atoms with Crippen molar-refractivity contribution in [2.45, 2.75) is 25.3 Å². The summed E-state index contributed by atoms with van der Waals surface area (Å²) < 4.78 is 37.9. The van der Waals surface area contributed by atoms with E-state index in [-0.39, 0.29) is 16.5 Å². The quantitative estimate of drug-likeness (QED) is 0.843. The first-order chi connectivity index (χ1) is 7.79. The summed E-state index contributed by atoms with van der Waals surface area (Å²) in [7, 11) is 0. The number of rotatable bonds is 3. The maximum atomic E-state index is 12.6. The Morgan fingerprint density at radius 1 is 1.29 bits per heavy atom. The smallest absolute Gasteiger partial charge is 0.389 e. The minimum absolute atomic E-state index is 0.0625. The van der Waals surface area contributed by atoms with Crippen molar-refractivity contribution >= 4 is 15.9 Å². The van der Waals surface area contributed by atoms with Crippen molar-refractivity contribution in [3.05, 3.63) is 34.9 Å². The van der Waals surface area contributed by atoms with Crippen molar-refractivity contribution in [1.29, 1.82) is 0 Å².